The molecule has 3 rings (SSSR count). The third-order valence-electron chi connectivity index (χ3n) is 4.14. The standard InChI is InChI=1S/C19H17NO5/c1-20-9-15(13-5-4-12(22)8-14(13)19(20)23)11-6-17(24-2)16(10-21)18(7-11)25-3/h4-10,22H,1-3H3. The van der Waals surface area contributed by atoms with Crippen LogP contribution in [0.25, 0.3) is 21.9 Å². The predicted molar refractivity (Wildman–Crippen MR) is 94.8 cm³/mol. The number of phenols is 1. The maximum Gasteiger partial charge on any atom is 0.258 e. The van der Waals surface area contributed by atoms with Crippen molar-refractivity contribution in [3.05, 3.63) is 52.4 Å². The van der Waals surface area contributed by atoms with Crippen LogP contribution in [0.4, 0.5) is 0 Å². The molecular weight excluding hydrogens is 322 g/mol. The van der Waals surface area contributed by atoms with Gasteiger partial charge in [0.15, 0.2) is 6.29 Å². The number of aromatic hydroxyl groups is 1. The zero-order chi connectivity index (χ0) is 18.1. The smallest absolute Gasteiger partial charge is 0.258 e. The topological polar surface area (TPSA) is 77.8 Å². The van der Waals surface area contributed by atoms with Crippen LogP contribution >= 0.6 is 0 Å². The SMILES string of the molecule is COc1cc(-c2cn(C)c(=O)c3cc(O)ccc23)cc(OC)c1C=O. The van der Waals surface area contributed by atoms with Crippen molar-refractivity contribution in [1.29, 1.82) is 0 Å². The third kappa shape index (κ3) is 2.71. The summed E-state index contributed by atoms with van der Waals surface area (Å²) >= 11 is 0. The molecule has 0 bridgehead atoms. The molecule has 25 heavy (non-hydrogen) atoms. The van der Waals surface area contributed by atoms with Crippen LogP contribution in [-0.4, -0.2) is 30.2 Å². The Morgan fingerprint density at radius 2 is 1.68 bits per heavy atom. The number of aromatic nitrogens is 1. The van der Waals surface area contributed by atoms with Gasteiger partial charge in [-0.15, -0.1) is 0 Å². The van der Waals surface area contributed by atoms with E-state index in [1.165, 1.54) is 30.9 Å². The van der Waals surface area contributed by atoms with Crippen LogP contribution in [0.3, 0.4) is 0 Å². The zero-order valence-corrected chi connectivity index (χ0v) is 14.1. The largest absolute Gasteiger partial charge is 0.508 e. The van der Waals surface area contributed by atoms with Gasteiger partial charge in [-0.3, -0.25) is 9.59 Å². The highest BCUT2D eigenvalue weighted by molar-refractivity contribution is 5.98. The van der Waals surface area contributed by atoms with Gasteiger partial charge >= 0.3 is 0 Å². The first kappa shape index (κ1) is 16.6. The van der Waals surface area contributed by atoms with E-state index in [2.05, 4.69) is 0 Å². The van der Waals surface area contributed by atoms with E-state index < -0.39 is 0 Å². The highest BCUT2D eigenvalue weighted by atomic mass is 16.5. The van der Waals surface area contributed by atoms with E-state index in [0.717, 1.165) is 11.1 Å². The number of carbonyl (C=O) groups excluding carboxylic acids is 1. The average molecular weight is 339 g/mol. The quantitative estimate of drug-likeness (QED) is 0.740. The van der Waals surface area contributed by atoms with E-state index in [1.807, 2.05) is 0 Å². The summed E-state index contributed by atoms with van der Waals surface area (Å²) in [4.78, 5) is 23.7. The van der Waals surface area contributed by atoms with Crippen LogP contribution in [0.2, 0.25) is 0 Å². The first-order valence-corrected chi connectivity index (χ1v) is 7.54. The van der Waals surface area contributed by atoms with Crippen LogP contribution in [0.15, 0.2) is 41.3 Å². The normalized spacial score (nSPS) is 10.7. The van der Waals surface area contributed by atoms with Gasteiger partial charge < -0.3 is 19.1 Å². The van der Waals surface area contributed by atoms with Crippen molar-refractivity contribution in [3.8, 4) is 28.4 Å². The van der Waals surface area contributed by atoms with Crippen molar-refractivity contribution in [2.45, 2.75) is 0 Å². The van der Waals surface area contributed by atoms with Gasteiger partial charge in [-0.05, 0) is 41.3 Å². The molecule has 0 aliphatic rings. The number of ether oxygens (including phenoxy) is 2. The molecule has 0 saturated carbocycles. The molecular formula is C19H17NO5. The first-order chi connectivity index (χ1) is 12.0. The summed E-state index contributed by atoms with van der Waals surface area (Å²) in [5.74, 6) is 0.781. The lowest BCUT2D eigenvalue weighted by Gasteiger charge is -2.14. The molecule has 1 N–H and O–H groups in total. The van der Waals surface area contributed by atoms with Gasteiger partial charge in [0, 0.05) is 18.8 Å². The Bertz CT molecular complexity index is 1010. The van der Waals surface area contributed by atoms with Gasteiger partial charge in [-0.2, -0.15) is 0 Å². The van der Waals surface area contributed by atoms with Gasteiger partial charge in [0.1, 0.15) is 17.2 Å². The van der Waals surface area contributed by atoms with E-state index >= 15 is 0 Å². The Morgan fingerprint density at radius 1 is 1.04 bits per heavy atom. The van der Waals surface area contributed by atoms with E-state index in [4.69, 9.17) is 9.47 Å². The maximum absolute atomic E-state index is 12.4. The number of rotatable bonds is 4. The molecule has 0 amide bonds. The lowest BCUT2D eigenvalue weighted by molar-refractivity contribution is 0.111. The van der Waals surface area contributed by atoms with Crippen molar-refractivity contribution >= 4 is 17.1 Å². The van der Waals surface area contributed by atoms with Gasteiger partial charge in [-0.1, -0.05) is 0 Å². The fourth-order valence-electron chi connectivity index (χ4n) is 2.90. The van der Waals surface area contributed by atoms with Crippen molar-refractivity contribution in [3.63, 3.8) is 0 Å². The zero-order valence-electron chi connectivity index (χ0n) is 14.1. The molecule has 0 spiro atoms. The van der Waals surface area contributed by atoms with Gasteiger partial charge in [-0.25, -0.2) is 0 Å². The van der Waals surface area contributed by atoms with Crippen molar-refractivity contribution in [2.24, 2.45) is 7.05 Å². The number of pyridine rings is 1. The first-order valence-electron chi connectivity index (χ1n) is 7.54. The number of aldehydes is 1. The minimum absolute atomic E-state index is 0.0215. The number of phenolic OH excluding ortho intramolecular Hbond substituents is 1. The monoisotopic (exact) mass is 339 g/mol. The number of aryl methyl sites for hydroxylation is 1. The summed E-state index contributed by atoms with van der Waals surface area (Å²) in [6.45, 7) is 0. The third-order valence-corrected chi connectivity index (χ3v) is 4.14. The van der Waals surface area contributed by atoms with Gasteiger partial charge in [0.05, 0.1) is 25.2 Å². The fourth-order valence-corrected chi connectivity index (χ4v) is 2.90. The minimum atomic E-state index is -0.210. The molecule has 0 aliphatic heterocycles. The van der Waals surface area contributed by atoms with Crippen molar-refractivity contribution in [1.82, 2.24) is 4.57 Å². The van der Waals surface area contributed by atoms with Crippen LogP contribution in [0.1, 0.15) is 10.4 Å². The lowest BCUT2D eigenvalue weighted by Crippen LogP contribution is -2.16. The van der Waals surface area contributed by atoms with Gasteiger partial charge in [0.2, 0.25) is 0 Å². The summed E-state index contributed by atoms with van der Waals surface area (Å²) in [6, 6.07) is 8.10. The van der Waals surface area contributed by atoms with E-state index in [9.17, 15) is 14.7 Å². The Morgan fingerprint density at radius 3 is 2.24 bits per heavy atom. The number of fused-ring (bicyclic) bond motifs is 1. The van der Waals surface area contributed by atoms with Crippen LogP contribution in [-0.2, 0) is 7.05 Å². The fraction of sp³-hybridized carbons (Fsp3) is 0.158. The molecule has 128 valence electrons. The molecule has 2 aromatic carbocycles. The second kappa shape index (κ2) is 6.32. The Labute approximate surface area is 143 Å². The molecule has 3 aromatic rings. The average Bonchev–Trinajstić information content (AvgIpc) is 2.63. The molecule has 0 atom stereocenters. The van der Waals surface area contributed by atoms with E-state index in [1.54, 1.807) is 31.4 Å². The maximum atomic E-state index is 12.4. The predicted octanol–water partition coefficient (Wildman–Crippen LogP) is 2.74. The highest BCUT2D eigenvalue weighted by Crippen LogP contribution is 2.36. The molecule has 6 heteroatoms. The Hall–Kier alpha value is -3.28. The molecule has 0 unspecified atom stereocenters. The van der Waals surface area contributed by atoms with Crippen molar-refractivity contribution < 1.29 is 19.4 Å². The summed E-state index contributed by atoms with van der Waals surface area (Å²) in [7, 11) is 4.59. The summed E-state index contributed by atoms with van der Waals surface area (Å²) in [5, 5.41) is 10.8. The molecule has 1 heterocycles. The van der Waals surface area contributed by atoms with Crippen molar-refractivity contribution in [2.75, 3.05) is 14.2 Å². The van der Waals surface area contributed by atoms with Gasteiger partial charge in [0.25, 0.3) is 5.56 Å². The molecule has 0 saturated heterocycles. The second-order valence-corrected chi connectivity index (χ2v) is 5.60. The van der Waals surface area contributed by atoms with Crippen LogP contribution in [0, 0.1) is 0 Å². The number of benzene rings is 2. The molecule has 0 aliphatic carbocycles. The highest BCUT2D eigenvalue weighted by Gasteiger charge is 2.16. The molecule has 6 nitrogen and oxygen atoms in total. The molecule has 0 radical (unpaired) electrons. The summed E-state index contributed by atoms with van der Waals surface area (Å²) in [6.07, 6.45) is 2.38. The van der Waals surface area contributed by atoms with Crippen LogP contribution in [0.5, 0.6) is 17.2 Å². The summed E-state index contributed by atoms with van der Waals surface area (Å²) in [5.41, 5.74) is 1.59. The minimum Gasteiger partial charge on any atom is -0.508 e. The number of carbonyl (C=O) groups is 1. The lowest BCUT2D eigenvalue weighted by atomic mass is 9.98. The second-order valence-electron chi connectivity index (χ2n) is 5.60. The van der Waals surface area contributed by atoms with Crippen LogP contribution < -0.4 is 15.0 Å². The molecule has 0 fully saturated rings. The Balaban J connectivity index is 2.39. The van der Waals surface area contributed by atoms with E-state index in [0.29, 0.717) is 34.1 Å². The number of nitrogens with zero attached hydrogens (tertiary/aromatic N) is 1. The number of methoxy groups -OCH3 is 2. The number of hydrogen-bond donors (Lipinski definition) is 1. The van der Waals surface area contributed by atoms with E-state index in [-0.39, 0.29) is 11.3 Å². The molecule has 1 aromatic heterocycles. The number of hydrogen-bond acceptors (Lipinski definition) is 5. The Kier molecular flexibility index (Phi) is 4.19. The summed E-state index contributed by atoms with van der Waals surface area (Å²) < 4.78 is 12.1.